The fraction of sp³-hybridized carbons (Fsp3) is 0.185. The van der Waals surface area contributed by atoms with Gasteiger partial charge in [0, 0.05) is 18.2 Å². The highest BCUT2D eigenvalue weighted by Crippen LogP contribution is 2.33. The van der Waals surface area contributed by atoms with Crippen molar-refractivity contribution < 1.29 is 27.5 Å². The first-order valence-corrected chi connectivity index (χ1v) is 11.5. The number of methoxy groups -OCH3 is 1. The van der Waals surface area contributed by atoms with Gasteiger partial charge in [-0.25, -0.2) is 9.67 Å². The first kappa shape index (κ1) is 24.2. The van der Waals surface area contributed by atoms with Gasteiger partial charge >= 0.3 is 6.18 Å². The number of imide groups is 1. The normalized spacial score (nSPS) is 13.2. The lowest BCUT2D eigenvalue weighted by Gasteiger charge is -2.13. The largest absolute Gasteiger partial charge is 0.481 e. The number of benzene rings is 2. The molecule has 0 atom stereocenters. The van der Waals surface area contributed by atoms with Crippen molar-refractivity contribution in [2.45, 2.75) is 19.0 Å². The van der Waals surface area contributed by atoms with Crippen molar-refractivity contribution in [3.63, 3.8) is 0 Å². The van der Waals surface area contributed by atoms with Crippen molar-refractivity contribution in [1.29, 1.82) is 0 Å². The van der Waals surface area contributed by atoms with E-state index in [0.717, 1.165) is 11.6 Å². The standard InChI is InChI=1S/C27H21F3N4O3/c1-37-24-13-12-19(16-31-24)34-22(15-23(32-34)27(28,29)30)18-10-8-17(9-11-18)5-4-14-33-25(35)20-6-2-3-7-21(20)26(33)36/h2-3,6-13,15-16H,4-5,14H2,1H3. The molecular formula is C27H21F3N4O3. The smallest absolute Gasteiger partial charge is 0.435 e. The number of aryl methyl sites for hydroxylation is 1. The molecule has 1 aliphatic heterocycles. The fourth-order valence-electron chi connectivity index (χ4n) is 4.27. The van der Waals surface area contributed by atoms with Crippen LogP contribution in [0.2, 0.25) is 0 Å². The molecule has 0 spiro atoms. The molecule has 0 saturated heterocycles. The predicted octanol–water partition coefficient (Wildman–Crippen LogP) is 5.19. The van der Waals surface area contributed by atoms with Crippen LogP contribution in [0.1, 0.15) is 38.4 Å². The molecule has 4 aromatic rings. The van der Waals surface area contributed by atoms with E-state index in [1.807, 2.05) is 12.1 Å². The summed E-state index contributed by atoms with van der Waals surface area (Å²) < 4.78 is 46.6. The summed E-state index contributed by atoms with van der Waals surface area (Å²) in [6, 6.07) is 17.9. The highest BCUT2D eigenvalue weighted by Gasteiger charge is 2.36. The molecule has 0 saturated carbocycles. The molecule has 0 aliphatic carbocycles. The van der Waals surface area contributed by atoms with Gasteiger partial charge in [-0.15, -0.1) is 0 Å². The van der Waals surface area contributed by atoms with Gasteiger partial charge in [0.15, 0.2) is 5.69 Å². The minimum Gasteiger partial charge on any atom is -0.481 e. The minimum absolute atomic E-state index is 0.261. The van der Waals surface area contributed by atoms with Crippen LogP contribution >= 0.6 is 0 Å². The Morgan fingerprint density at radius 1 is 0.919 bits per heavy atom. The number of amides is 2. The molecule has 10 heteroatoms. The number of aromatic nitrogens is 3. The van der Waals surface area contributed by atoms with E-state index in [9.17, 15) is 22.8 Å². The number of pyridine rings is 1. The van der Waals surface area contributed by atoms with E-state index in [4.69, 9.17) is 4.74 Å². The monoisotopic (exact) mass is 506 g/mol. The number of ether oxygens (including phenoxy) is 1. The summed E-state index contributed by atoms with van der Waals surface area (Å²) in [5.41, 5.74) is 1.91. The Morgan fingerprint density at radius 2 is 1.59 bits per heavy atom. The van der Waals surface area contributed by atoms with Crippen molar-refractivity contribution in [3.05, 3.63) is 95.3 Å². The van der Waals surface area contributed by atoms with Crippen LogP contribution in [-0.2, 0) is 12.6 Å². The van der Waals surface area contributed by atoms with Gasteiger partial charge in [0.25, 0.3) is 11.8 Å². The molecule has 2 aromatic carbocycles. The molecule has 3 heterocycles. The zero-order valence-corrected chi connectivity index (χ0v) is 19.7. The SMILES string of the molecule is COc1ccc(-n2nc(C(F)(F)F)cc2-c2ccc(CCCN3C(=O)c4ccccc4C3=O)cc2)cn1. The zero-order valence-electron chi connectivity index (χ0n) is 19.7. The molecule has 2 amide bonds. The second-order valence-electron chi connectivity index (χ2n) is 8.49. The second-order valence-corrected chi connectivity index (χ2v) is 8.49. The van der Waals surface area contributed by atoms with Crippen molar-refractivity contribution in [3.8, 4) is 22.8 Å². The fourth-order valence-corrected chi connectivity index (χ4v) is 4.27. The number of carbonyl (C=O) groups is 2. The van der Waals surface area contributed by atoms with Gasteiger partial charge in [-0.3, -0.25) is 14.5 Å². The van der Waals surface area contributed by atoms with Crippen molar-refractivity contribution >= 4 is 11.8 Å². The Kier molecular flexibility index (Phi) is 6.24. The molecule has 2 aromatic heterocycles. The van der Waals surface area contributed by atoms with Crippen molar-refractivity contribution in [2.24, 2.45) is 0 Å². The van der Waals surface area contributed by atoms with Gasteiger partial charge < -0.3 is 4.74 Å². The summed E-state index contributed by atoms with van der Waals surface area (Å²) in [5, 5.41) is 3.77. The number of fused-ring (bicyclic) bond motifs is 1. The number of hydrogen-bond acceptors (Lipinski definition) is 5. The molecule has 0 bridgehead atoms. The lowest BCUT2D eigenvalue weighted by atomic mass is 10.0. The molecule has 0 unspecified atom stereocenters. The molecule has 1 aliphatic rings. The van der Waals surface area contributed by atoms with E-state index in [1.165, 1.54) is 22.9 Å². The summed E-state index contributed by atoms with van der Waals surface area (Å²) >= 11 is 0. The van der Waals surface area contributed by atoms with Crippen LogP contribution in [0.25, 0.3) is 16.9 Å². The average Bonchev–Trinajstić information content (AvgIpc) is 3.46. The molecule has 0 radical (unpaired) electrons. The topological polar surface area (TPSA) is 77.3 Å². The van der Waals surface area contributed by atoms with E-state index in [2.05, 4.69) is 10.1 Å². The molecule has 188 valence electrons. The van der Waals surface area contributed by atoms with Crippen LogP contribution < -0.4 is 4.74 Å². The van der Waals surface area contributed by atoms with Crippen LogP contribution in [0.15, 0.2) is 72.9 Å². The van der Waals surface area contributed by atoms with E-state index in [1.54, 1.807) is 48.5 Å². The summed E-state index contributed by atoms with van der Waals surface area (Å²) in [6.07, 6.45) is -2.07. The van der Waals surface area contributed by atoms with Gasteiger partial charge in [0.05, 0.1) is 35.8 Å². The van der Waals surface area contributed by atoms with E-state index in [0.29, 0.717) is 41.1 Å². The van der Waals surface area contributed by atoms with E-state index < -0.39 is 11.9 Å². The van der Waals surface area contributed by atoms with Gasteiger partial charge in [0.2, 0.25) is 5.88 Å². The number of carbonyl (C=O) groups excluding carboxylic acids is 2. The molecule has 0 fully saturated rings. The van der Waals surface area contributed by atoms with Gasteiger partial charge in [-0.2, -0.15) is 18.3 Å². The van der Waals surface area contributed by atoms with E-state index >= 15 is 0 Å². The maximum Gasteiger partial charge on any atom is 0.435 e. The lowest BCUT2D eigenvalue weighted by Crippen LogP contribution is -2.30. The summed E-state index contributed by atoms with van der Waals surface area (Å²) in [7, 11) is 1.45. The van der Waals surface area contributed by atoms with Crippen LogP contribution in [-0.4, -0.2) is 45.1 Å². The Labute approximate surface area is 210 Å². The third-order valence-corrected chi connectivity index (χ3v) is 6.15. The Hall–Kier alpha value is -4.47. The van der Waals surface area contributed by atoms with Crippen LogP contribution in [0.5, 0.6) is 5.88 Å². The maximum absolute atomic E-state index is 13.4. The summed E-state index contributed by atoms with van der Waals surface area (Å²) in [4.78, 5) is 30.3. The van der Waals surface area contributed by atoms with Crippen LogP contribution in [0, 0.1) is 0 Å². The highest BCUT2D eigenvalue weighted by atomic mass is 19.4. The van der Waals surface area contributed by atoms with Gasteiger partial charge in [0.1, 0.15) is 0 Å². The lowest BCUT2D eigenvalue weighted by molar-refractivity contribution is -0.141. The molecular weight excluding hydrogens is 485 g/mol. The van der Waals surface area contributed by atoms with Gasteiger partial charge in [-0.05, 0) is 42.7 Å². The Morgan fingerprint density at radius 3 is 2.16 bits per heavy atom. The average molecular weight is 506 g/mol. The highest BCUT2D eigenvalue weighted by molar-refractivity contribution is 6.21. The molecule has 0 N–H and O–H groups in total. The zero-order chi connectivity index (χ0) is 26.2. The van der Waals surface area contributed by atoms with Crippen LogP contribution in [0.3, 0.4) is 0 Å². The maximum atomic E-state index is 13.4. The third kappa shape index (κ3) is 4.69. The number of alkyl halides is 3. The quantitative estimate of drug-likeness (QED) is 0.323. The van der Waals surface area contributed by atoms with E-state index in [-0.39, 0.29) is 24.1 Å². The molecule has 7 nitrogen and oxygen atoms in total. The number of rotatable bonds is 7. The molecule has 37 heavy (non-hydrogen) atoms. The Balaban J connectivity index is 1.32. The number of nitrogens with zero attached hydrogens (tertiary/aromatic N) is 4. The Bertz CT molecular complexity index is 1430. The first-order valence-electron chi connectivity index (χ1n) is 11.5. The number of hydrogen-bond donors (Lipinski definition) is 0. The predicted molar refractivity (Wildman–Crippen MR) is 128 cm³/mol. The second kappa shape index (κ2) is 9.53. The summed E-state index contributed by atoms with van der Waals surface area (Å²) in [6.45, 7) is 0.278. The molecule has 5 rings (SSSR count). The van der Waals surface area contributed by atoms with Crippen molar-refractivity contribution in [2.75, 3.05) is 13.7 Å². The minimum atomic E-state index is -4.61. The first-order chi connectivity index (χ1) is 17.8. The van der Waals surface area contributed by atoms with Crippen LogP contribution in [0.4, 0.5) is 13.2 Å². The summed E-state index contributed by atoms with van der Waals surface area (Å²) in [5.74, 6) is -0.255. The third-order valence-electron chi connectivity index (χ3n) is 6.15. The van der Waals surface area contributed by atoms with Crippen molar-refractivity contribution in [1.82, 2.24) is 19.7 Å². The van der Waals surface area contributed by atoms with Gasteiger partial charge in [-0.1, -0.05) is 36.4 Å². The number of halogens is 3.